The summed E-state index contributed by atoms with van der Waals surface area (Å²) in [7, 11) is -0.542. The van der Waals surface area contributed by atoms with Crippen molar-refractivity contribution in [3.05, 3.63) is 89.5 Å². The molecule has 0 bridgehead atoms. The molecule has 3 nitrogen and oxygen atoms in total. The first-order valence-electron chi connectivity index (χ1n) is 7.24. The zero-order valence-electron chi connectivity index (χ0n) is 12.3. The van der Waals surface area contributed by atoms with E-state index < -0.39 is 8.46 Å². The molecule has 0 aromatic heterocycles. The molecule has 0 aliphatic heterocycles. The summed E-state index contributed by atoms with van der Waals surface area (Å²) >= 11 is 0. The van der Waals surface area contributed by atoms with E-state index in [2.05, 4.69) is 0 Å². The molecule has 3 aromatic carbocycles. The summed E-state index contributed by atoms with van der Waals surface area (Å²) in [5, 5.41) is 19.8. The minimum absolute atomic E-state index is 0.117. The second kappa shape index (κ2) is 6.64. The Balaban J connectivity index is 2.19. The standard InChI is InChI=1S/C19H15O3P/c20-15-9-5-13(6-10-15)19(14-7-11-16(21)12-8-14)17-3-1-2-4-18(17)23-22/h1-12,19-21H/p+1. The number of rotatable bonds is 4. The SMILES string of the molecule is O=[PH+]c1ccccc1C(c1ccc(O)cc1)c1ccc(O)cc1. The Morgan fingerprint density at radius 3 is 1.65 bits per heavy atom. The van der Waals surface area contributed by atoms with Crippen molar-refractivity contribution in [1.29, 1.82) is 0 Å². The highest BCUT2D eigenvalue weighted by Crippen LogP contribution is 2.33. The van der Waals surface area contributed by atoms with Gasteiger partial charge in [-0.1, -0.05) is 47.0 Å². The van der Waals surface area contributed by atoms with Gasteiger partial charge in [-0.2, -0.15) is 0 Å². The molecular formula is C19H16O3P+. The Bertz CT molecular complexity index is 765. The fourth-order valence-electron chi connectivity index (χ4n) is 2.73. The van der Waals surface area contributed by atoms with Gasteiger partial charge in [0, 0.05) is 11.5 Å². The summed E-state index contributed by atoms with van der Waals surface area (Å²) in [5.41, 5.74) is 2.93. The third kappa shape index (κ3) is 3.25. The van der Waals surface area contributed by atoms with Gasteiger partial charge in [-0.3, -0.25) is 0 Å². The maximum atomic E-state index is 11.6. The van der Waals surface area contributed by atoms with Crippen LogP contribution in [0, 0.1) is 0 Å². The molecule has 1 unspecified atom stereocenters. The normalized spacial score (nSPS) is 11.0. The average molecular weight is 323 g/mol. The summed E-state index contributed by atoms with van der Waals surface area (Å²) in [6.45, 7) is 0. The lowest BCUT2D eigenvalue weighted by molar-refractivity contribution is 0.475. The molecule has 0 saturated heterocycles. The maximum Gasteiger partial charge on any atom is 0.363 e. The summed E-state index contributed by atoms with van der Waals surface area (Å²) in [5.74, 6) is 0.295. The Morgan fingerprint density at radius 2 is 1.17 bits per heavy atom. The van der Waals surface area contributed by atoms with Crippen molar-refractivity contribution in [1.82, 2.24) is 0 Å². The quantitative estimate of drug-likeness (QED) is 0.565. The van der Waals surface area contributed by atoms with Crippen LogP contribution >= 0.6 is 8.46 Å². The molecule has 1 atom stereocenters. The molecule has 0 spiro atoms. The van der Waals surface area contributed by atoms with Crippen LogP contribution in [0.4, 0.5) is 0 Å². The van der Waals surface area contributed by atoms with Gasteiger partial charge in [-0.15, -0.1) is 0 Å². The van der Waals surface area contributed by atoms with Gasteiger partial charge in [0.25, 0.3) is 0 Å². The Morgan fingerprint density at radius 1 is 0.696 bits per heavy atom. The van der Waals surface area contributed by atoms with Crippen LogP contribution in [0.1, 0.15) is 22.6 Å². The molecule has 0 radical (unpaired) electrons. The van der Waals surface area contributed by atoms with Crippen LogP contribution in [0.3, 0.4) is 0 Å². The minimum atomic E-state index is -0.542. The predicted molar refractivity (Wildman–Crippen MR) is 92.2 cm³/mol. The van der Waals surface area contributed by atoms with E-state index in [-0.39, 0.29) is 17.4 Å². The number of hydrogen-bond donors (Lipinski definition) is 2. The van der Waals surface area contributed by atoms with E-state index in [4.69, 9.17) is 0 Å². The lowest BCUT2D eigenvalue weighted by Gasteiger charge is -2.18. The van der Waals surface area contributed by atoms with Gasteiger partial charge in [0.15, 0.2) is 5.30 Å². The van der Waals surface area contributed by atoms with E-state index in [0.717, 1.165) is 22.0 Å². The van der Waals surface area contributed by atoms with Crippen LogP contribution in [0.5, 0.6) is 11.5 Å². The Hall–Kier alpha value is -2.64. The van der Waals surface area contributed by atoms with Crippen LogP contribution in [0.15, 0.2) is 72.8 Å². The molecule has 0 fully saturated rings. The molecule has 23 heavy (non-hydrogen) atoms. The van der Waals surface area contributed by atoms with Crippen molar-refractivity contribution < 1.29 is 14.8 Å². The first-order chi connectivity index (χ1) is 11.2. The fraction of sp³-hybridized carbons (Fsp3) is 0.0526. The smallest absolute Gasteiger partial charge is 0.363 e. The van der Waals surface area contributed by atoms with E-state index in [1.54, 1.807) is 24.3 Å². The van der Waals surface area contributed by atoms with E-state index in [9.17, 15) is 14.8 Å². The van der Waals surface area contributed by atoms with Gasteiger partial charge in [-0.05, 0) is 41.5 Å². The molecule has 2 N–H and O–H groups in total. The zero-order chi connectivity index (χ0) is 16.2. The van der Waals surface area contributed by atoms with Gasteiger partial charge in [0.05, 0.1) is 0 Å². The van der Waals surface area contributed by atoms with E-state index >= 15 is 0 Å². The highest BCUT2D eigenvalue weighted by atomic mass is 31.1. The molecular weight excluding hydrogens is 307 g/mol. The van der Waals surface area contributed by atoms with Crippen LogP contribution in [0.25, 0.3) is 0 Å². The first-order valence-corrected chi connectivity index (χ1v) is 8.15. The summed E-state index contributed by atoms with van der Waals surface area (Å²) in [6, 6.07) is 21.6. The van der Waals surface area contributed by atoms with Crippen molar-refractivity contribution >= 4 is 13.8 Å². The van der Waals surface area contributed by atoms with Gasteiger partial charge >= 0.3 is 8.46 Å². The van der Waals surface area contributed by atoms with Gasteiger partial charge in [0.2, 0.25) is 0 Å². The van der Waals surface area contributed by atoms with Crippen LogP contribution in [0.2, 0.25) is 0 Å². The number of aromatic hydroxyl groups is 2. The Labute approximate surface area is 136 Å². The Kier molecular flexibility index (Phi) is 4.40. The summed E-state index contributed by atoms with van der Waals surface area (Å²) in [4.78, 5) is 0. The monoisotopic (exact) mass is 323 g/mol. The molecule has 3 aromatic rings. The van der Waals surface area contributed by atoms with Gasteiger partial charge in [0.1, 0.15) is 11.5 Å². The highest BCUT2D eigenvalue weighted by Gasteiger charge is 2.22. The number of hydrogen-bond acceptors (Lipinski definition) is 3. The molecule has 114 valence electrons. The van der Waals surface area contributed by atoms with Crippen molar-refractivity contribution in [2.24, 2.45) is 0 Å². The van der Waals surface area contributed by atoms with Crippen LogP contribution in [-0.4, -0.2) is 10.2 Å². The van der Waals surface area contributed by atoms with Gasteiger partial charge in [-0.25, -0.2) is 0 Å². The minimum Gasteiger partial charge on any atom is -0.508 e. The van der Waals surface area contributed by atoms with Crippen LogP contribution in [-0.2, 0) is 4.57 Å². The van der Waals surface area contributed by atoms with E-state index in [0.29, 0.717) is 0 Å². The third-order valence-electron chi connectivity index (χ3n) is 3.83. The van der Waals surface area contributed by atoms with E-state index in [1.165, 1.54) is 0 Å². The first kappa shape index (κ1) is 15.3. The average Bonchev–Trinajstić information content (AvgIpc) is 2.59. The predicted octanol–water partition coefficient (Wildman–Crippen LogP) is 3.93. The zero-order valence-corrected chi connectivity index (χ0v) is 13.3. The number of phenolic OH excluding ortho intramolecular Hbond substituents is 2. The lowest BCUT2D eigenvalue weighted by Crippen LogP contribution is -2.11. The van der Waals surface area contributed by atoms with Crippen molar-refractivity contribution in [2.45, 2.75) is 5.92 Å². The topological polar surface area (TPSA) is 57.5 Å². The second-order valence-corrected chi connectivity index (χ2v) is 6.05. The lowest BCUT2D eigenvalue weighted by atomic mass is 9.85. The molecule has 0 amide bonds. The fourth-order valence-corrected chi connectivity index (χ4v) is 3.24. The van der Waals surface area contributed by atoms with Crippen LogP contribution < -0.4 is 5.30 Å². The number of phenols is 2. The molecule has 0 saturated carbocycles. The molecule has 4 heteroatoms. The largest absolute Gasteiger partial charge is 0.508 e. The van der Waals surface area contributed by atoms with Crippen molar-refractivity contribution in [3.63, 3.8) is 0 Å². The second-order valence-electron chi connectivity index (χ2n) is 5.31. The summed E-state index contributed by atoms with van der Waals surface area (Å²) < 4.78 is 11.6. The molecule has 0 aliphatic carbocycles. The highest BCUT2D eigenvalue weighted by molar-refractivity contribution is 7.34. The van der Waals surface area contributed by atoms with Crippen molar-refractivity contribution in [3.8, 4) is 11.5 Å². The molecule has 3 rings (SSSR count). The molecule has 0 heterocycles. The van der Waals surface area contributed by atoms with E-state index in [1.807, 2.05) is 48.5 Å². The van der Waals surface area contributed by atoms with Crippen molar-refractivity contribution in [2.75, 3.05) is 0 Å². The molecule has 0 aliphatic rings. The van der Waals surface area contributed by atoms with Gasteiger partial charge < -0.3 is 10.2 Å². The maximum absolute atomic E-state index is 11.6. The number of benzene rings is 3. The third-order valence-corrected chi connectivity index (χ3v) is 4.51. The summed E-state index contributed by atoms with van der Waals surface area (Å²) in [6.07, 6.45) is 0.